The lowest BCUT2D eigenvalue weighted by Gasteiger charge is -2.25. The zero-order valence-electron chi connectivity index (χ0n) is 12.0. The van der Waals surface area contributed by atoms with Crippen LogP contribution in [0.4, 0.5) is 0 Å². The topological polar surface area (TPSA) is 72.6 Å². The van der Waals surface area contributed by atoms with Crippen LogP contribution in [0.5, 0.6) is 5.75 Å². The highest BCUT2D eigenvalue weighted by molar-refractivity contribution is 5.77. The van der Waals surface area contributed by atoms with E-state index in [9.17, 15) is 4.79 Å². The fourth-order valence-electron chi connectivity index (χ4n) is 2.01. The smallest absolute Gasteiger partial charge is 0.323 e. The number of para-hydroxylation sites is 1. The van der Waals surface area contributed by atoms with Gasteiger partial charge in [-0.25, -0.2) is 0 Å². The SMILES string of the molecule is CC(CC(C)(N)C(=O)O)Oc1ccccc1C(C)C. The van der Waals surface area contributed by atoms with Crippen molar-refractivity contribution >= 4 is 5.97 Å². The average molecular weight is 265 g/mol. The van der Waals surface area contributed by atoms with Crippen LogP contribution in [0.3, 0.4) is 0 Å². The van der Waals surface area contributed by atoms with Crippen LogP contribution in [0.15, 0.2) is 24.3 Å². The zero-order valence-corrected chi connectivity index (χ0v) is 12.0. The van der Waals surface area contributed by atoms with Crippen LogP contribution < -0.4 is 10.5 Å². The monoisotopic (exact) mass is 265 g/mol. The largest absolute Gasteiger partial charge is 0.490 e. The van der Waals surface area contributed by atoms with Gasteiger partial charge in [-0.15, -0.1) is 0 Å². The molecule has 2 unspecified atom stereocenters. The number of carboxylic acid groups (broad SMARTS) is 1. The van der Waals surface area contributed by atoms with Crippen LogP contribution in [0.1, 0.15) is 45.6 Å². The van der Waals surface area contributed by atoms with E-state index in [0.29, 0.717) is 5.92 Å². The normalized spacial score (nSPS) is 15.9. The summed E-state index contributed by atoms with van der Waals surface area (Å²) in [6.07, 6.45) is 0.000360. The van der Waals surface area contributed by atoms with E-state index in [4.69, 9.17) is 15.6 Å². The van der Waals surface area contributed by atoms with Crippen LogP contribution >= 0.6 is 0 Å². The summed E-state index contributed by atoms with van der Waals surface area (Å²) in [7, 11) is 0. The summed E-state index contributed by atoms with van der Waals surface area (Å²) in [4.78, 5) is 11.0. The third-order valence-electron chi connectivity index (χ3n) is 3.07. The van der Waals surface area contributed by atoms with Crippen LogP contribution in [0.2, 0.25) is 0 Å². The number of aliphatic carboxylic acids is 1. The van der Waals surface area contributed by atoms with Crippen LogP contribution in [-0.2, 0) is 4.79 Å². The first-order chi connectivity index (χ1) is 8.74. The Morgan fingerprint density at radius 2 is 1.95 bits per heavy atom. The number of hydrogen-bond donors (Lipinski definition) is 2. The third-order valence-corrected chi connectivity index (χ3v) is 3.07. The number of carboxylic acids is 1. The maximum Gasteiger partial charge on any atom is 0.323 e. The van der Waals surface area contributed by atoms with Gasteiger partial charge in [-0.05, 0) is 31.4 Å². The molecule has 0 aliphatic carbocycles. The summed E-state index contributed by atoms with van der Waals surface area (Å²) < 4.78 is 5.85. The van der Waals surface area contributed by atoms with Crippen LogP contribution in [0, 0.1) is 0 Å². The molecule has 4 heteroatoms. The molecule has 0 fully saturated rings. The fraction of sp³-hybridized carbons (Fsp3) is 0.533. The molecule has 19 heavy (non-hydrogen) atoms. The predicted molar refractivity (Wildman–Crippen MR) is 75.5 cm³/mol. The Balaban J connectivity index is 2.78. The van der Waals surface area contributed by atoms with E-state index < -0.39 is 11.5 Å². The maximum atomic E-state index is 11.0. The summed E-state index contributed by atoms with van der Waals surface area (Å²) in [5, 5.41) is 9.02. The molecule has 0 bridgehead atoms. The van der Waals surface area contributed by atoms with Crippen molar-refractivity contribution in [3.63, 3.8) is 0 Å². The minimum Gasteiger partial charge on any atom is -0.490 e. The van der Waals surface area contributed by atoms with Gasteiger partial charge in [-0.1, -0.05) is 32.0 Å². The van der Waals surface area contributed by atoms with E-state index in [1.807, 2.05) is 31.2 Å². The summed E-state index contributed by atoms with van der Waals surface area (Å²) >= 11 is 0. The molecule has 0 aliphatic rings. The van der Waals surface area contributed by atoms with E-state index in [2.05, 4.69) is 13.8 Å². The highest BCUT2D eigenvalue weighted by Gasteiger charge is 2.30. The van der Waals surface area contributed by atoms with Gasteiger partial charge < -0.3 is 15.6 Å². The van der Waals surface area contributed by atoms with Crippen molar-refractivity contribution in [2.45, 2.75) is 51.7 Å². The molecule has 106 valence electrons. The summed E-state index contributed by atoms with van der Waals surface area (Å²) in [5.74, 6) is 0.137. The number of hydrogen-bond acceptors (Lipinski definition) is 3. The van der Waals surface area contributed by atoms with E-state index >= 15 is 0 Å². The molecule has 0 radical (unpaired) electrons. The van der Waals surface area contributed by atoms with Gasteiger partial charge >= 0.3 is 5.97 Å². The molecule has 1 aromatic carbocycles. The molecule has 4 nitrogen and oxygen atoms in total. The average Bonchev–Trinajstić information content (AvgIpc) is 2.28. The fourth-order valence-corrected chi connectivity index (χ4v) is 2.01. The van der Waals surface area contributed by atoms with Crippen molar-refractivity contribution in [2.24, 2.45) is 5.73 Å². The van der Waals surface area contributed by atoms with Crippen LogP contribution in [0.25, 0.3) is 0 Å². The zero-order chi connectivity index (χ0) is 14.6. The van der Waals surface area contributed by atoms with E-state index in [-0.39, 0.29) is 12.5 Å². The highest BCUT2D eigenvalue weighted by atomic mass is 16.5. The number of ether oxygens (including phenoxy) is 1. The first kappa shape index (κ1) is 15.5. The van der Waals surface area contributed by atoms with Crippen molar-refractivity contribution in [1.29, 1.82) is 0 Å². The number of benzene rings is 1. The number of nitrogens with two attached hydrogens (primary N) is 1. The van der Waals surface area contributed by atoms with E-state index in [1.54, 1.807) is 0 Å². The van der Waals surface area contributed by atoms with Crippen molar-refractivity contribution in [1.82, 2.24) is 0 Å². The minimum absolute atomic E-state index is 0.258. The van der Waals surface area contributed by atoms with Crippen LogP contribution in [-0.4, -0.2) is 22.7 Å². The summed E-state index contributed by atoms with van der Waals surface area (Å²) in [5.41, 5.74) is 5.58. The second kappa shape index (κ2) is 6.06. The lowest BCUT2D eigenvalue weighted by Crippen LogP contribution is -2.47. The van der Waals surface area contributed by atoms with Gasteiger partial charge in [-0.2, -0.15) is 0 Å². The first-order valence-corrected chi connectivity index (χ1v) is 6.52. The molecule has 0 spiro atoms. The third kappa shape index (κ3) is 4.24. The quantitative estimate of drug-likeness (QED) is 0.829. The Morgan fingerprint density at radius 3 is 2.47 bits per heavy atom. The second-order valence-corrected chi connectivity index (χ2v) is 5.55. The molecule has 2 atom stereocenters. The van der Waals surface area contributed by atoms with E-state index in [0.717, 1.165) is 11.3 Å². The molecule has 0 saturated heterocycles. The van der Waals surface area contributed by atoms with E-state index in [1.165, 1.54) is 6.92 Å². The Hall–Kier alpha value is -1.55. The van der Waals surface area contributed by atoms with Gasteiger partial charge in [0.15, 0.2) is 0 Å². The molecule has 1 aromatic rings. The molecular formula is C15H23NO3. The van der Waals surface area contributed by atoms with Gasteiger partial charge in [0.05, 0.1) is 6.10 Å². The predicted octanol–water partition coefficient (Wildman–Crippen LogP) is 2.77. The Labute approximate surface area is 114 Å². The van der Waals surface area contributed by atoms with Crippen molar-refractivity contribution < 1.29 is 14.6 Å². The van der Waals surface area contributed by atoms with Crippen molar-refractivity contribution in [2.75, 3.05) is 0 Å². The molecule has 3 N–H and O–H groups in total. The number of rotatable bonds is 6. The molecule has 0 heterocycles. The van der Waals surface area contributed by atoms with Gasteiger partial charge in [0.2, 0.25) is 0 Å². The maximum absolute atomic E-state index is 11.0. The Kier molecular flexibility index (Phi) is 4.95. The summed E-state index contributed by atoms with van der Waals surface area (Å²) in [6.45, 7) is 7.53. The molecular weight excluding hydrogens is 242 g/mol. The van der Waals surface area contributed by atoms with Crippen molar-refractivity contribution in [3.8, 4) is 5.75 Å². The summed E-state index contributed by atoms with van der Waals surface area (Å²) in [6, 6.07) is 7.80. The first-order valence-electron chi connectivity index (χ1n) is 6.52. The molecule has 0 amide bonds. The van der Waals surface area contributed by atoms with Gasteiger partial charge in [0, 0.05) is 6.42 Å². The van der Waals surface area contributed by atoms with Gasteiger partial charge in [-0.3, -0.25) is 4.79 Å². The lowest BCUT2D eigenvalue weighted by atomic mass is 9.96. The highest BCUT2D eigenvalue weighted by Crippen LogP contribution is 2.27. The van der Waals surface area contributed by atoms with Gasteiger partial charge in [0.1, 0.15) is 11.3 Å². The van der Waals surface area contributed by atoms with Crippen molar-refractivity contribution in [3.05, 3.63) is 29.8 Å². The lowest BCUT2D eigenvalue weighted by molar-refractivity contribution is -0.143. The van der Waals surface area contributed by atoms with Gasteiger partial charge in [0.25, 0.3) is 0 Å². The Morgan fingerprint density at radius 1 is 1.37 bits per heavy atom. The second-order valence-electron chi connectivity index (χ2n) is 5.55. The molecule has 1 rings (SSSR count). The Bertz CT molecular complexity index is 441. The standard InChI is InChI=1S/C15H23NO3/c1-10(2)12-7-5-6-8-13(12)19-11(3)9-15(4,16)14(17)18/h5-8,10-11H,9,16H2,1-4H3,(H,17,18). The molecule has 0 saturated carbocycles. The minimum atomic E-state index is -1.27. The molecule has 0 aromatic heterocycles. The molecule has 0 aliphatic heterocycles. The number of carbonyl (C=O) groups is 1.